The number of hydrogen-bond donors (Lipinski definition) is 0. The molecule has 5 nitrogen and oxygen atoms in total. The molecule has 0 N–H and O–H groups in total. The fraction of sp³-hybridized carbons (Fsp3) is 0. The first-order valence-corrected chi connectivity index (χ1v) is 6.75. The average molecular weight is 308 g/mol. The Morgan fingerprint density at radius 2 is 1.43 bits per heavy atom. The van der Waals surface area contributed by atoms with Crippen molar-refractivity contribution in [3.05, 3.63) is 61.7 Å². The summed E-state index contributed by atoms with van der Waals surface area (Å²) in [5.74, 6) is -0.318. The summed E-state index contributed by atoms with van der Waals surface area (Å²) in [6, 6.07) is 10.1. The second-order valence-electron chi connectivity index (χ2n) is 4.67. The molecule has 0 saturated heterocycles. The van der Waals surface area contributed by atoms with Crippen LogP contribution in [0.1, 0.15) is 0 Å². The lowest BCUT2D eigenvalue weighted by atomic mass is 10.1. The van der Waals surface area contributed by atoms with Crippen LogP contribution in [0.15, 0.2) is 66.1 Å². The van der Waals surface area contributed by atoms with E-state index < -0.39 is 11.9 Å². The van der Waals surface area contributed by atoms with E-state index in [4.69, 9.17) is 13.9 Å². The molecule has 0 unspecified atom stereocenters. The molecule has 114 valence electrons. The van der Waals surface area contributed by atoms with E-state index in [-0.39, 0.29) is 0 Å². The van der Waals surface area contributed by atoms with Crippen molar-refractivity contribution in [2.75, 3.05) is 0 Å². The highest BCUT2D eigenvalue weighted by Crippen LogP contribution is 2.33. The summed E-state index contributed by atoms with van der Waals surface area (Å²) in [4.78, 5) is 22.5. The first kappa shape index (κ1) is 14.6. The molecule has 0 amide bonds. The van der Waals surface area contributed by atoms with Gasteiger partial charge in [-0.25, -0.2) is 9.59 Å². The molecule has 5 heteroatoms. The van der Waals surface area contributed by atoms with Crippen LogP contribution in [-0.4, -0.2) is 11.9 Å². The molecule has 0 saturated carbocycles. The van der Waals surface area contributed by atoms with Gasteiger partial charge in [-0.1, -0.05) is 13.2 Å². The molecule has 3 rings (SSSR count). The van der Waals surface area contributed by atoms with Gasteiger partial charge in [0.1, 0.15) is 22.7 Å². The Bertz CT molecular complexity index is 949. The first-order valence-electron chi connectivity index (χ1n) is 6.75. The second kappa shape index (κ2) is 5.81. The number of fused-ring (bicyclic) bond motifs is 3. The minimum absolute atomic E-state index is 0.361. The van der Waals surface area contributed by atoms with Crippen LogP contribution >= 0.6 is 0 Å². The fourth-order valence-corrected chi connectivity index (χ4v) is 2.18. The van der Waals surface area contributed by atoms with Crippen LogP contribution in [0.2, 0.25) is 0 Å². The summed E-state index contributed by atoms with van der Waals surface area (Å²) >= 11 is 0. The van der Waals surface area contributed by atoms with Crippen LogP contribution in [-0.2, 0) is 9.59 Å². The Morgan fingerprint density at radius 3 is 2.09 bits per heavy atom. The van der Waals surface area contributed by atoms with Crippen LogP contribution in [0.3, 0.4) is 0 Å². The van der Waals surface area contributed by atoms with Crippen molar-refractivity contribution in [3.8, 4) is 11.5 Å². The van der Waals surface area contributed by atoms with Crippen LogP contribution in [0, 0.1) is 0 Å². The van der Waals surface area contributed by atoms with Crippen LogP contribution in [0.5, 0.6) is 11.5 Å². The van der Waals surface area contributed by atoms with Gasteiger partial charge in [-0.15, -0.1) is 0 Å². The van der Waals surface area contributed by atoms with Gasteiger partial charge >= 0.3 is 11.9 Å². The van der Waals surface area contributed by atoms with Gasteiger partial charge in [0.25, 0.3) is 0 Å². The van der Waals surface area contributed by atoms with Crippen molar-refractivity contribution >= 4 is 33.9 Å². The molecule has 1 aromatic heterocycles. The van der Waals surface area contributed by atoms with E-state index in [9.17, 15) is 9.59 Å². The number of furan rings is 1. The Morgan fingerprint density at radius 1 is 0.826 bits per heavy atom. The maximum atomic E-state index is 11.3. The molecule has 3 aromatic rings. The predicted octanol–water partition coefficient (Wildman–Crippen LogP) is 3.77. The molecule has 0 bridgehead atoms. The van der Waals surface area contributed by atoms with Crippen molar-refractivity contribution in [3.63, 3.8) is 0 Å². The highest BCUT2D eigenvalue weighted by molar-refractivity contribution is 6.06. The largest absolute Gasteiger partial charge is 0.456 e. The SMILES string of the molecule is C=CC(=O)Oc1ccc2c(c1)oc1ccc(OC(=O)C=C)cc12. The zero-order valence-corrected chi connectivity index (χ0v) is 12.1. The minimum atomic E-state index is -0.543. The number of carbonyl (C=O) groups excluding carboxylic acids is 2. The Labute approximate surface area is 131 Å². The fourth-order valence-electron chi connectivity index (χ4n) is 2.18. The lowest BCUT2D eigenvalue weighted by molar-refractivity contribution is -0.129. The molecule has 0 aliphatic rings. The predicted molar refractivity (Wildman–Crippen MR) is 85.4 cm³/mol. The van der Waals surface area contributed by atoms with Gasteiger partial charge in [-0.3, -0.25) is 0 Å². The maximum Gasteiger partial charge on any atom is 0.335 e. The highest BCUT2D eigenvalue weighted by Gasteiger charge is 2.11. The molecule has 2 aromatic carbocycles. The number of carbonyl (C=O) groups is 2. The third kappa shape index (κ3) is 2.85. The lowest BCUT2D eigenvalue weighted by Crippen LogP contribution is -2.02. The number of benzene rings is 2. The molecule has 0 spiro atoms. The van der Waals surface area contributed by atoms with Gasteiger partial charge in [0.2, 0.25) is 0 Å². The van der Waals surface area contributed by atoms with E-state index >= 15 is 0 Å². The Hall–Kier alpha value is -3.34. The van der Waals surface area contributed by atoms with Gasteiger partial charge in [0.15, 0.2) is 0 Å². The van der Waals surface area contributed by atoms with E-state index in [2.05, 4.69) is 13.2 Å². The Balaban J connectivity index is 2.04. The third-order valence-corrected chi connectivity index (χ3v) is 3.18. The molecule has 0 aliphatic heterocycles. The maximum absolute atomic E-state index is 11.3. The third-order valence-electron chi connectivity index (χ3n) is 3.18. The quantitative estimate of drug-likeness (QED) is 0.417. The molecule has 0 atom stereocenters. The topological polar surface area (TPSA) is 65.7 Å². The van der Waals surface area contributed by atoms with Crippen molar-refractivity contribution in [2.24, 2.45) is 0 Å². The zero-order chi connectivity index (χ0) is 16.4. The standard InChI is InChI=1S/C18H12O5/c1-3-17(19)21-11-6-8-15-14(9-11)13-7-5-12(10-16(13)23-15)22-18(20)4-2/h3-10H,1-2H2. The smallest absolute Gasteiger partial charge is 0.335 e. The second-order valence-corrected chi connectivity index (χ2v) is 4.67. The molecular formula is C18H12O5. The normalized spacial score (nSPS) is 10.4. The number of rotatable bonds is 4. The Kier molecular flexibility index (Phi) is 3.68. The van der Waals surface area contributed by atoms with Crippen molar-refractivity contribution in [1.29, 1.82) is 0 Å². The number of esters is 2. The zero-order valence-electron chi connectivity index (χ0n) is 12.1. The van der Waals surface area contributed by atoms with Gasteiger partial charge in [-0.2, -0.15) is 0 Å². The van der Waals surface area contributed by atoms with Crippen molar-refractivity contribution in [2.45, 2.75) is 0 Å². The van der Waals surface area contributed by atoms with E-state index in [1.54, 1.807) is 36.4 Å². The van der Waals surface area contributed by atoms with Crippen LogP contribution in [0.25, 0.3) is 21.9 Å². The van der Waals surface area contributed by atoms with Gasteiger partial charge in [0, 0.05) is 29.0 Å². The highest BCUT2D eigenvalue weighted by atomic mass is 16.5. The van der Waals surface area contributed by atoms with Gasteiger partial charge in [0.05, 0.1) is 0 Å². The number of hydrogen-bond acceptors (Lipinski definition) is 5. The molecule has 23 heavy (non-hydrogen) atoms. The monoisotopic (exact) mass is 308 g/mol. The average Bonchev–Trinajstić information content (AvgIpc) is 2.91. The summed E-state index contributed by atoms with van der Waals surface area (Å²) in [7, 11) is 0. The first-order chi connectivity index (χ1) is 11.1. The van der Waals surface area contributed by atoms with Crippen LogP contribution < -0.4 is 9.47 Å². The summed E-state index contributed by atoms with van der Waals surface area (Å²) in [5, 5.41) is 1.60. The molecule has 0 radical (unpaired) electrons. The van der Waals surface area contributed by atoms with E-state index in [1.807, 2.05) is 0 Å². The summed E-state index contributed by atoms with van der Waals surface area (Å²) < 4.78 is 15.9. The summed E-state index contributed by atoms with van der Waals surface area (Å²) in [6.45, 7) is 6.71. The van der Waals surface area contributed by atoms with E-state index in [0.717, 1.165) is 22.9 Å². The van der Waals surface area contributed by atoms with Gasteiger partial charge < -0.3 is 13.9 Å². The lowest BCUT2D eigenvalue weighted by Gasteiger charge is -2.01. The van der Waals surface area contributed by atoms with Crippen molar-refractivity contribution < 1.29 is 23.5 Å². The molecular weight excluding hydrogens is 296 g/mol. The summed E-state index contributed by atoms with van der Waals surface area (Å²) in [5.41, 5.74) is 1.19. The van der Waals surface area contributed by atoms with Gasteiger partial charge in [-0.05, 0) is 30.3 Å². The number of ether oxygens (including phenoxy) is 2. The molecule has 0 aliphatic carbocycles. The minimum Gasteiger partial charge on any atom is -0.456 e. The van der Waals surface area contributed by atoms with E-state index in [0.29, 0.717) is 22.7 Å². The summed E-state index contributed by atoms with van der Waals surface area (Å²) in [6.07, 6.45) is 2.18. The molecule has 1 heterocycles. The van der Waals surface area contributed by atoms with E-state index in [1.165, 1.54) is 0 Å². The van der Waals surface area contributed by atoms with Crippen LogP contribution in [0.4, 0.5) is 0 Å². The molecule has 0 fully saturated rings. The van der Waals surface area contributed by atoms with Crippen molar-refractivity contribution in [1.82, 2.24) is 0 Å².